The Morgan fingerprint density at radius 3 is 2.92 bits per heavy atom. The van der Waals surface area contributed by atoms with E-state index in [2.05, 4.69) is 10.2 Å². The molecule has 0 amide bonds. The minimum Gasteiger partial charge on any atom is -0.610 e. The molecule has 1 aromatic rings. The van der Waals surface area contributed by atoms with E-state index in [0.717, 1.165) is 24.2 Å². The molecule has 1 rings (SSSR count). The van der Waals surface area contributed by atoms with Crippen LogP contribution in [-0.2, 0) is 11.2 Å². The zero-order valence-electron chi connectivity index (χ0n) is 7.19. The number of unbranched alkanes of at least 4 members (excludes halogenated alkanes) is 1. The van der Waals surface area contributed by atoms with Crippen molar-refractivity contribution in [2.75, 3.05) is 5.75 Å². The van der Waals surface area contributed by atoms with Gasteiger partial charge in [0.2, 0.25) is 5.01 Å². The Morgan fingerprint density at radius 2 is 2.38 bits per heavy atom. The Kier molecular flexibility index (Phi) is 4.15. The minimum atomic E-state index is -1.07. The van der Waals surface area contributed by atoms with Crippen molar-refractivity contribution >= 4 is 22.5 Å². The minimum absolute atomic E-state index is 0.278. The van der Waals surface area contributed by atoms with Crippen molar-refractivity contribution in [1.29, 1.82) is 5.26 Å². The van der Waals surface area contributed by atoms with Gasteiger partial charge in [0.15, 0.2) is 0 Å². The summed E-state index contributed by atoms with van der Waals surface area (Å²) in [5, 5.41) is 16.0. The van der Waals surface area contributed by atoms with E-state index in [0.29, 0.717) is 10.1 Å². The monoisotopic (exact) mass is 215 g/mol. The largest absolute Gasteiger partial charge is 0.610 e. The molecular formula is C7H9N3OS2. The van der Waals surface area contributed by atoms with Crippen LogP contribution in [0.3, 0.4) is 0 Å². The standard InChI is InChI=1S/C7H9N3OS2/c1-2-3-4-13(11)7-10-9-6(5-8)12-7/h2-4H2,1H3. The maximum atomic E-state index is 11.4. The fourth-order valence-corrected chi connectivity index (χ4v) is 2.80. The number of nitrogens with zero attached hydrogens (tertiary/aromatic N) is 3. The van der Waals surface area contributed by atoms with Gasteiger partial charge in [-0.25, -0.2) is 0 Å². The van der Waals surface area contributed by atoms with E-state index in [9.17, 15) is 4.55 Å². The van der Waals surface area contributed by atoms with Crippen molar-refractivity contribution in [3.05, 3.63) is 5.01 Å². The van der Waals surface area contributed by atoms with Gasteiger partial charge < -0.3 is 4.55 Å². The first-order chi connectivity index (χ1) is 6.27. The van der Waals surface area contributed by atoms with Gasteiger partial charge in [-0.15, -0.1) is 5.10 Å². The summed E-state index contributed by atoms with van der Waals surface area (Å²) >= 11 is 0.0377. The third-order valence-electron chi connectivity index (χ3n) is 1.38. The SMILES string of the molecule is CCCC[S+]([O-])c1nnc(C#N)s1. The van der Waals surface area contributed by atoms with Gasteiger partial charge in [0.1, 0.15) is 11.8 Å². The predicted molar refractivity (Wildman–Crippen MR) is 50.8 cm³/mol. The zero-order chi connectivity index (χ0) is 9.68. The Bertz CT molecular complexity index is 307. The number of hydrogen-bond acceptors (Lipinski definition) is 5. The molecule has 0 aliphatic carbocycles. The van der Waals surface area contributed by atoms with Gasteiger partial charge >= 0.3 is 4.34 Å². The van der Waals surface area contributed by atoms with Crippen LogP contribution >= 0.6 is 11.3 Å². The van der Waals surface area contributed by atoms with E-state index in [1.54, 1.807) is 0 Å². The van der Waals surface area contributed by atoms with E-state index in [1.165, 1.54) is 0 Å². The molecular weight excluding hydrogens is 206 g/mol. The maximum absolute atomic E-state index is 11.4. The summed E-state index contributed by atoms with van der Waals surface area (Å²) in [5.41, 5.74) is 0. The first kappa shape index (κ1) is 10.4. The van der Waals surface area contributed by atoms with Crippen LogP contribution in [0, 0.1) is 11.3 Å². The molecule has 0 fully saturated rings. The zero-order valence-corrected chi connectivity index (χ0v) is 8.82. The van der Waals surface area contributed by atoms with Gasteiger partial charge in [0.05, 0.1) is 0 Å². The molecule has 0 saturated carbocycles. The molecule has 0 radical (unpaired) electrons. The number of nitriles is 1. The van der Waals surface area contributed by atoms with Crippen LogP contribution in [0.4, 0.5) is 0 Å². The molecule has 1 aromatic heterocycles. The smallest absolute Gasteiger partial charge is 0.322 e. The van der Waals surface area contributed by atoms with Crippen LogP contribution < -0.4 is 0 Å². The second-order valence-corrected chi connectivity index (χ2v) is 5.11. The second kappa shape index (κ2) is 5.17. The number of rotatable bonds is 4. The highest BCUT2D eigenvalue weighted by atomic mass is 32.2. The van der Waals surface area contributed by atoms with Crippen molar-refractivity contribution in [2.45, 2.75) is 24.1 Å². The molecule has 1 atom stereocenters. The van der Waals surface area contributed by atoms with Crippen LogP contribution in [0.15, 0.2) is 4.34 Å². The van der Waals surface area contributed by atoms with Crippen LogP contribution in [0.25, 0.3) is 0 Å². The van der Waals surface area contributed by atoms with E-state index in [1.807, 2.05) is 13.0 Å². The quantitative estimate of drug-likeness (QED) is 0.710. The van der Waals surface area contributed by atoms with E-state index >= 15 is 0 Å². The molecule has 0 spiro atoms. The van der Waals surface area contributed by atoms with Gasteiger partial charge in [-0.3, -0.25) is 0 Å². The Hall–Kier alpha value is -0.640. The average molecular weight is 215 g/mol. The molecule has 0 bridgehead atoms. The van der Waals surface area contributed by atoms with Gasteiger partial charge in [-0.05, 0) is 17.8 Å². The fourth-order valence-electron chi connectivity index (χ4n) is 0.710. The lowest BCUT2D eigenvalue weighted by atomic mass is 10.4. The van der Waals surface area contributed by atoms with Crippen molar-refractivity contribution in [3.8, 4) is 6.07 Å². The molecule has 1 unspecified atom stereocenters. The summed E-state index contributed by atoms with van der Waals surface area (Å²) in [6.45, 7) is 2.04. The lowest BCUT2D eigenvalue weighted by Gasteiger charge is -2.03. The van der Waals surface area contributed by atoms with Crippen LogP contribution in [0.1, 0.15) is 24.8 Å². The van der Waals surface area contributed by atoms with E-state index in [-0.39, 0.29) is 5.01 Å². The van der Waals surface area contributed by atoms with E-state index in [4.69, 9.17) is 5.26 Å². The van der Waals surface area contributed by atoms with Crippen molar-refractivity contribution in [3.63, 3.8) is 0 Å². The maximum Gasteiger partial charge on any atom is 0.322 e. The summed E-state index contributed by atoms with van der Waals surface area (Å²) in [4.78, 5) is 0. The summed E-state index contributed by atoms with van der Waals surface area (Å²) in [6, 6.07) is 1.87. The van der Waals surface area contributed by atoms with Crippen LogP contribution in [0.2, 0.25) is 0 Å². The molecule has 0 aliphatic rings. The molecule has 13 heavy (non-hydrogen) atoms. The first-order valence-electron chi connectivity index (χ1n) is 3.90. The van der Waals surface area contributed by atoms with Gasteiger partial charge in [-0.2, -0.15) is 5.26 Å². The Labute approximate surface area is 83.8 Å². The lowest BCUT2D eigenvalue weighted by Crippen LogP contribution is -2.06. The summed E-state index contributed by atoms with van der Waals surface area (Å²) in [5.74, 6) is 0.608. The summed E-state index contributed by atoms with van der Waals surface area (Å²) in [7, 11) is 0. The molecule has 0 saturated heterocycles. The van der Waals surface area contributed by atoms with Crippen molar-refractivity contribution in [1.82, 2.24) is 10.2 Å². The van der Waals surface area contributed by atoms with E-state index < -0.39 is 11.2 Å². The average Bonchev–Trinajstić information content (AvgIpc) is 2.62. The molecule has 4 nitrogen and oxygen atoms in total. The highest BCUT2D eigenvalue weighted by Gasteiger charge is 2.16. The molecule has 0 aromatic carbocycles. The van der Waals surface area contributed by atoms with Crippen LogP contribution in [0.5, 0.6) is 0 Å². The number of aromatic nitrogens is 2. The third-order valence-corrected chi connectivity index (χ3v) is 3.94. The normalized spacial score (nSPS) is 12.4. The molecule has 1 heterocycles. The highest BCUT2D eigenvalue weighted by Crippen LogP contribution is 2.17. The predicted octanol–water partition coefficient (Wildman–Crippen LogP) is 1.32. The molecule has 0 aliphatic heterocycles. The van der Waals surface area contributed by atoms with Crippen LogP contribution in [-0.4, -0.2) is 20.5 Å². The molecule has 70 valence electrons. The third kappa shape index (κ3) is 2.95. The van der Waals surface area contributed by atoms with Crippen molar-refractivity contribution in [2.24, 2.45) is 0 Å². The van der Waals surface area contributed by atoms with Crippen molar-refractivity contribution < 1.29 is 4.55 Å². The Balaban J connectivity index is 2.56. The van der Waals surface area contributed by atoms with Gasteiger partial charge in [0, 0.05) is 11.2 Å². The first-order valence-corrected chi connectivity index (χ1v) is 6.03. The fraction of sp³-hybridized carbons (Fsp3) is 0.571. The molecule has 6 heteroatoms. The van der Waals surface area contributed by atoms with Gasteiger partial charge in [-0.1, -0.05) is 18.4 Å². The number of hydrogen-bond donors (Lipinski definition) is 0. The van der Waals surface area contributed by atoms with Gasteiger partial charge in [0.25, 0.3) is 0 Å². The topological polar surface area (TPSA) is 72.6 Å². The Morgan fingerprint density at radius 1 is 1.62 bits per heavy atom. The highest BCUT2D eigenvalue weighted by molar-refractivity contribution is 7.93. The summed E-state index contributed by atoms with van der Waals surface area (Å²) in [6.07, 6.45) is 1.92. The summed E-state index contributed by atoms with van der Waals surface area (Å²) < 4.78 is 11.9. The molecule has 0 N–H and O–H groups in total. The second-order valence-electron chi connectivity index (χ2n) is 2.39. The lowest BCUT2D eigenvalue weighted by molar-refractivity contribution is 0.589.